The van der Waals surface area contributed by atoms with E-state index in [1.807, 2.05) is 201 Å². The summed E-state index contributed by atoms with van der Waals surface area (Å²) in [5.74, 6) is 4.05. The molecule has 0 atom stereocenters. The average Bonchev–Trinajstić information content (AvgIpc) is 1.93. The Hall–Kier alpha value is -9.94. The third kappa shape index (κ3) is 20.9. The molecule has 19 heteroatoms. The van der Waals surface area contributed by atoms with E-state index in [0.717, 1.165) is 176 Å². The number of benzene rings is 8. The number of nitrogens with zero attached hydrogens (tertiary/aromatic N) is 6. The molecule has 2 aromatic heterocycles. The molecule has 0 radical (unpaired) electrons. The summed E-state index contributed by atoms with van der Waals surface area (Å²) in [7, 11) is 1.60. The monoisotopic (exact) mass is 1430 g/mol. The van der Waals surface area contributed by atoms with E-state index in [4.69, 9.17) is 46.9 Å². The number of hydrogen-bond acceptors (Lipinski definition) is 12. The molecule has 8 aromatic carbocycles. The third-order valence-electron chi connectivity index (χ3n) is 18.2. The molecular formula is C83H87Cl2N7O9S. The molecule has 4 fully saturated rings. The van der Waals surface area contributed by atoms with E-state index in [1.165, 1.54) is 25.7 Å². The molecule has 4 aliphatic rings. The van der Waals surface area contributed by atoms with Crippen molar-refractivity contribution >= 4 is 58.2 Å². The lowest BCUT2D eigenvalue weighted by Gasteiger charge is -2.27. The molecule has 6 heterocycles. The fraction of sp³-hybridized carbons (Fsp3) is 0.301. The molecule has 16 nitrogen and oxygen atoms in total. The Morgan fingerprint density at radius 1 is 0.392 bits per heavy atom. The normalized spacial score (nSPS) is 14.3. The van der Waals surface area contributed by atoms with Gasteiger partial charge in [-0.3, -0.25) is 24.2 Å². The summed E-state index contributed by atoms with van der Waals surface area (Å²) in [4.78, 5) is 70.3. The summed E-state index contributed by atoms with van der Waals surface area (Å²) >= 11 is 13.8. The van der Waals surface area contributed by atoms with E-state index < -0.39 is 0 Å². The van der Waals surface area contributed by atoms with Crippen molar-refractivity contribution < 1.29 is 42.9 Å². The summed E-state index contributed by atoms with van der Waals surface area (Å²) in [6.07, 6.45) is 19.0. The average molecular weight is 1430 g/mol. The molecule has 1 N–H and O–H groups in total. The second kappa shape index (κ2) is 38.2. The van der Waals surface area contributed by atoms with Crippen LogP contribution in [-0.2, 0) is 26.4 Å². The number of imidazole rings is 1. The highest BCUT2D eigenvalue weighted by molar-refractivity contribution is 7.13. The van der Waals surface area contributed by atoms with Gasteiger partial charge >= 0.3 is 0 Å². The van der Waals surface area contributed by atoms with Gasteiger partial charge in [0.2, 0.25) is 0 Å². The van der Waals surface area contributed by atoms with Crippen LogP contribution in [0.4, 0.5) is 0 Å². The highest BCUT2D eigenvalue weighted by atomic mass is 35.5. The number of hydrogen-bond donors (Lipinski definition) is 1. The van der Waals surface area contributed by atoms with Crippen LogP contribution in [0.1, 0.15) is 141 Å². The number of nitrogens with one attached hydrogen (secondary N) is 1. The number of para-hydroxylation sites is 4. The molecule has 4 saturated heterocycles. The Morgan fingerprint density at radius 2 is 0.755 bits per heavy atom. The molecule has 10 aromatic rings. The fourth-order valence-corrected chi connectivity index (χ4v) is 13.5. The van der Waals surface area contributed by atoms with Gasteiger partial charge in [0, 0.05) is 97.5 Å². The van der Waals surface area contributed by atoms with Crippen LogP contribution in [0, 0.1) is 0 Å². The van der Waals surface area contributed by atoms with Gasteiger partial charge in [0.25, 0.3) is 23.6 Å². The van der Waals surface area contributed by atoms with Crippen molar-refractivity contribution in [3.8, 4) is 50.4 Å². The SMILES string of the molecule is COc1cc(C(=O)N2CCCCC2)ccc1COc1ccccc1Cl.O=C(c1ccc(COc2ccccc2-c2cnc[nH]2)cc1)N1CCCCC1.O=C(c1ccc(COc2ccccc2-c2cncs2)cc1)N1CCCCC1.O=C(c1ccc(COc2ccccc2Cl)cc1)N1CCCCC1. The van der Waals surface area contributed by atoms with Crippen LogP contribution in [0.25, 0.3) is 21.7 Å². The summed E-state index contributed by atoms with van der Waals surface area (Å²) in [6.45, 7) is 8.56. The molecule has 4 aliphatic heterocycles. The predicted octanol–water partition coefficient (Wildman–Crippen LogP) is 18.4. The largest absolute Gasteiger partial charge is 0.496 e. The second-order valence-corrected chi connectivity index (χ2v) is 27.1. The van der Waals surface area contributed by atoms with Crippen LogP contribution in [0.2, 0.25) is 10.0 Å². The van der Waals surface area contributed by atoms with E-state index in [2.05, 4.69) is 15.0 Å². The van der Waals surface area contributed by atoms with Gasteiger partial charge in [0.05, 0.1) is 45.8 Å². The van der Waals surface area contributed by atoms with Crippen molar-refractivity contribution in [1.82, 2.24) is 34.6 Å². The molecule has 102 heavy (non-hydrogen) atoms. The minimum absolute atomic E-state index is 0.0663. The minimum atomic E-state index is 0.0663. The lowest BCUT2D eigenvalue weighted by Crippen LogP contribution is -2.35. The lowest BCUT2D eigenvalue weighted by molar-refractivity contribution is 0.0716. The van der Waals surface area contributed by atoms with Gasteiger partial charge in [0.15, 0.2) is 0 Å². The fourth-order valence-electron chi connectivity index (χ4n) is 12.5. The number of methoxy groups -OCH3 is 1. The Labute approximate surface area is 612 Å². The lowest BCUT2D eigenvalue weighted by atomic mass is 10.1. The topological polar surface area (TPSA) is 169 Å². The Morgan fingerprint density at radius 3 is 1.15 bits per heavy atom. The van der Waals surface area contributed by atoms with E-state index in [9.17, 15) is 19.2 Å². The van der Waals surface area contributed by atoms with Gasteiger partial charge in [-0.2, -0.15) is 0 Å². The highest BCUT2D eigenvalue weighted by Gasteiger charge is 2.23. The molecule has 528 valence electrons. The van der Waals surface area contributed by atoms with Crippen molar-refractivity contribution in [3.05, 3.63) is 267 Å². The first-order chi connectivity index (χ1) is 50.0. The Bertz CT molecular complexity index is 4120. The van der Waals surface area contributed by atoms with Crippen LogP contribution in [0.15, 0.2) is 212 Å². The first-order valence-electron chi connectivity index (χ1n) is 35.2. The molecule has 0 spiro atoms. The highest BCUT2D eigenvalue weighted by Crippen LogP contribution is 2.34. The summed E-state index contributed by atoms with van der Waals surface area (Å²) < 4.78 is 29.0. The first kappa shape index (κ1) is 73.3. The van der Waals surface area contributed by atoms with Crippen molar-refractivity contribution in [2.45, 2.75) is 103 Å². The number of aromatic nitrogens is 3. The van der Waals surface area contributed by atoms with E-state index in [-0.39, 0.29) is 23.6 Å². The maximum Gasteiger partial charge on any atom is 0.253 e. The number of aromatic amines is 1. The van der Waals surface area contributed by atoms with Crippen LogP contribution in [-0.4, -0.2) is 118 Å². The van der Waals surface area contributed by atoms with E-state index >= 15 is 0 Å². The number of thiazole rings is 1. The Kier molecular flexibility index (Phi) is 27.4. The summed E-state index contributed by atoms with van der Waals surface area (Å²) in [5, 5.41) is 1.17. The van der Waals surface area contributed by atoms with Crippen LogP contribution in [0.5, 0.6) is 28.7 Å². The van der Waals surface area contributed by atoms with Crippen LogP contribution >= 0.6 is 34.5 Å². The summed E-state index contributed by atoms with van der Waals surface area (Å²) in [6, 6.07) is 59.3. The van der Waals surface area contributed by atoms with Gasteiger partial charge in [-0.25, -0.2) is 4.98 Å². The van der Waals surface area contributed by atoms with Gasteiger partial charge < -0.3 is 48.3 Å². The maximum atomic E-state index is 12.6. The molecule has 0 saturated carbocycles. The number of piperidine rings is 4. The number of halogens is 2. The number of carbonyl (C=O) groups is 4. The van der Waals surface area contributed by atoms with Crippen molar-refractivity contribution in [2.75, 3.05) is 59.5 Å². The number of carbonyl (C=O) groups excluding carboxylic acids is 4. The standard InChI is InChI=1S/C22H23N3O2.C22H22N2O2S.C20H22ClNO3.C19H20ClNO2/c26-22(25-12-4-1-5-13-25)18-10-8-17(9-11-18)15-27-21-7-3-2-6-19(21)20-14-23-16-24-20;25-22(24-12-4-1-5-13-24)18-10-8-17(9-11-18)15-26-20-7-3-2-6-19(20)21-14-23-16-27-21;1-24-19-13-15(20(23)22-11-5-2-6-12-22)9-10-16(19)14-25-18-8-4-3-7-17(18)21;20-17-6-2-3-7-18(17)23-14-15-8-10-16(11-9-15)19(22)21-12-4-1-5-13-21/h2-3,6-11,14,16H,1,4-5,12-13,15H2,(H,23,24);2-3,6-11,14,16H,1,4-5,12-13,15H2;3-4,7-10,13H,2,5-6,11-12,14H2,1H3;2-3,6-11H,1,4-5,12-14H2. The van der Waals surface area contributed by atoms with Crippen molar-refractivity contribution in [1.29, 1.82) is 0 Å². The van der Waals surface area contributed by atoms with Crippen molar-refractivity contribution in [2.24, 2.45) is 0 Å². The zero-order valence-electron chi connectivity index (χ0n) is 57.7. The molecule has 0 unspecified atom stereocenters. The Balaban J connectivity index is 0.000000137. The smallest absolute Gasteiger partial charge is 0.253 e. The molecular weight excluding hydrogens is 1340 g/mol. The first-order valence-corrected chi connectivity index (χ1v) is 36.9. The molecule has 0 aliphatic carbocycles. The molecule has 0 bridgehead atoms. The van der Waals surface area contributed by atoms with Crippen LogP contribution < -0.4 is 23.7 Å². The predicted molar refractivity (Wildman–Crippen MR) is 403 cm³/mol. The number of rotatable bonds is 19. The zero-order valence-corrected chi connectivity index (χ0v) is 60.0. The van der Waals surface area contributed by atoms with Crippen LogP contribution in [0.3, 0.4) is 0 Å². The van der Waals surface area contributed by atoms with Gasteiger partial charge in [-0.1, -0.05) is 114 Å². The van der Waals surface area contributed by atoms with Gasteiger partial charge in [-0.05, 0) is 191 Å². The number of ether oxygens (including phenoxy) is 5. The quantitative estimate of drug-likeness (QED) is 0.0818. The zero-order chi connectivity index (χ0) is 70.7. The van der Waals surface area contributed by atoms with E-state index in [1.54, 1.807) is 49.2 Å². The third-order valence-corrected chi connectivity index (χ3v) is 19.6. The molecule has 14 rings (SSSR count). The minimum Gasteiger partial charge on any atom is -0.496 e. The maximum absolute atomic E-state index is 12.6. The second-order valence-electron chi connectivity index (χ2n) is 25.4. The van der Waals surface area contributed by atoms with Crippen molar-refractivity contribution in [3.63, 3.8) is 0 Å². The number of amides is 4. The summed E-state index contributed by atoms with van der Waals surface area (Å²) in [5.41, 5.74) is 11.6. The van der Waals surface area contributed by atoms with E-state index in [0.29, 0.717) is 59.3 Å². The van der Waals surface area contributed by atoms with Gasteiger partial charge in [-0.15, -0.1) is 11.3 Å². The number of H-pyrrole nitrogens is 1. The number of likely N-dealkylation sites (tertiary alicyclic amines) is 4. The van der Waals surface area contributed by atoms with Gasteiger partial charge in [0.1, 0.15) is 55.2 Å². The molecule has 4 amide bonds.